The lowest BCUT2D eigenvalue weighted by molar-refractivity contribution is -0.123. The van der Waals surface area contributed by atoms with Gasteiger partial charge in [-0.1, -0.05) is 31.9 Å². The number of benzene rings is 1. The lowest BCUT2D eigenvalue weighted by atomic mass is 9.76. The zero-order chi connectivity index (χ0) is 13.0. The van der Waals surface area contributed by atoms with Crippen LogP contribution in [0.25, 0.3) is 0 Å². The second-order valence-corrected chi connectivity index (χ2v) is 5.19. The molecule has 1 fully saturated rings. The summed E-state index contributed by atoms with van der Waals surface area (Å²) < 4.78 is 0. The van der Waals surface area contributed by atoms with Crippen molar-refractivity contribution >= 4 is 5.78 Å². The van der Waals surface area contributed by atoms with Crippen LogP contribution in [0.5, 0.6) is 0 Å². The Bertz CT molecular complexity index is 455. The van der Waals surface area contributed by atoms with Crippen molar-refractivity contribution < 1.29 is 4.79 Å². The predicted molar refractivity (Wildman–Crippen MR) is 71.2 cm³/mol. The molecule has 0 radical (unpaired) electrons. The molecule has 2 unspecified atom stereocenters. The summed E-state index contributed by atoms with van der Waals surface area (Å²) in [5.74, 6) is 1.03. The molecule has 0 aromatic heterocycles. The lowest BCUT2D eigenvalue weighted by Gasteiger charge is -2.27. The molecule has 18 heavy (non-hydrogen) atoms. The van der Waals surface area contributed by atoms with E-state index in [0.717, 1.165) is 24.8 Å². The van der Waals surface area contributed by atoms with Crippen LogP contribution in [-0.2, 0) is 4.79 Å². The molecule has 94 valence electrons. The van der Waals surface area contributed by atoms with Gasteiger partial charge >= 0.3 is 0 Å². The standard InChI is InChI=1S/C16H19NO/c1-2-3-12-6-9-15(16(18)10-12)14-7-4-13(11-17)5-8-14/h4-5,7-8,12,15H,2-3,6,9-10H2,1H3. The summed E-state index contributed by atoms with van der Waals surface area (Å²) in [4.78, 5) is 12.2. The molecule has 2 nitrogen and oxygen atoms in total. The highest BCUT2D eigenvalue weighted by Crippen LogP contribution is 2.35. The van der Waals surface area contributed by atoms with Crippen LogP contribution >= 0.6 is 0 Å². The van der Waals surface area contributed by atoms with E-state index in [1.807, 2.05) is 12.1 Å². The summed E-state index contributed by atoms with van der Waals surface area (Å²) in [5, 5.41) is 8.77. The van der Waals surface area contributed by atoms with E-state index < -0.39 is 0 Å². The van der Waals surface area contributed by atoms with Crippen molar-refractivity contribution in [3.8, 4) is 6.07 Å². The molecule has 2 heteroatoms. The number of nitrogens with zero attached hydrogens (tertiary/aromatic N) is 1. The third kappa shape index (κ3) is 2.79. The molecule has 0 amide bonds. The SMILES string of the molecule is CCCC1CCC(c2ccc(C#N)cc2)C(=O)C1. The fraction of sp³-hybridized carbons (Fsp3) is 0.500. The highest BCUT2D eigenvalue weighted by molar-refractivity contribution is 5.86. The molecule has 2 atom stereocenters. The fourth-order valence-electron chi connectivity index (χ4n) is 2.89. The fourth-order valence-corrected chi connectivity index (χ4v) is 2.89. The van der Waals surface area contributed by atoms with Gasteiger partial charge < -0.3 is 0 Å². The highest BCUT2D eigenvalue weighted by atomic mass is 16.1. The molecule has 0 spiro atoms. The Kier molecular flexibility index (Phi) is 4.15. The van der Waals surface area contributed by atoms with Crippen LogP contribution in [0, 0.1) is 17.2 Å². The molecule has 1 aromatic rings. The second-order valence-electron chi connectivity index (χ2n) is 5.19. The van der Waals surface area contributed by atoms with Crippen LogP contribution in [0.4, 0.5) is 0 Å². The summed E-state index contributed by atoms with van der Waals surface area (Å²) in [6.45, 7) is 2.18. The first-order valence-corrected chi connectivity index (χ1v) is 6.77. The molecule has 1 aliphatic rings. The minimum atomic E-state index is 0.0610. The first kappa shape index (κ1) is 12.8. The van der Waals surface area contributed by atoms with E-state index in [-0.39, 0.29) is 5.92 Å². The van der Waals surface area contributed by atoms with Gasteiger partial charge in [0.15, 0.2) is 0 Å². The van der Waals surface area contributed by atoms with Gasteiger partial charge in [0.2, 0.25) is 0 Å². The summed E-state index contributed by atoms with van der Waals surface area (Å²) in [6.07, 6.45) is 5.20. The molecule has 1 aromatic carbocycles. The van der Waals surface area contributed by atoms with Gasteiger partial charge in [-0.05, 0) is 36.5 Å². The molecule has 2 rings (SSSR count). The topological polar surface area (TPSA) is 40.9 Å². The highest BCUT2D eigenvalue weighted by Gasteiger charge is 2.28. The van der Waals surface area contributed by atoms with E-state index in [4.69, 9.17) is 5.26 Å². The van der Waals surface area contributed by atoms with Crippen molar-refractivity contribution in [1.29, 1.82) is 5.26 Å². The Morgan fingerprint density at radius 2 is 2.00 bits per heavy atom. The Hall–Kier alpha value is -1.62. The van der Waals surface area contributed by atoms with Crippen LogP contribution in [0.15, 0.2) is 24.3 Å². The Morgan fingerprint density at radius 1 is 1.28 bits per heavy atom. The van der Waals surface area contributed by atoms with E-state index in [1.54, 1.807) is 12.1 Å². The van der Waals surface area contributed by atoms with Crippen molar-refractivity contribution in [1.82, 2.24) is 0 Å². The van der Waals surface area contributed by atoms with Gasteiger partial charge in [-0.15, -0.1) is 0 Å². The maximum atomic E-state index is 12.2. The molecule has 0 aliphatic heterocycles. The molecular weight excluding hydrogens is 222 g/mol. The van der Waals surface area contributed by atoms with Gasteiger partial charge in [-0.3, -0.25) is 4.79 Å². The molecule has 0 saturated heterocycles. The van der Waals surface area contributed by atoms with Crippen LogP contribution in [0.3, 0.4) is 0 Å². The van der Waals surface area contributed by atoms with Crippen molar-refractivity contribution in [2.45, 2.75) is 44.9 Å². The summed E-state index contributed by atoms with van der Waals surface area (Å²) in [6, 6.07) is 9.58. The maximum Gasteiger partial charge on any atom is 0.140 e. The van der Waals surface area contributed by atoms with Gasteiger partial charge in [0, 0.05) is 12.3 Å². The third-order valence-corrected chi connectivity index (χ3v) is 3.88. The van der Waals surface area contributed by atoms with Crippen molar-refractivity contribution in [2.24, 2.45) is 5.92 Å². The largest absolute Gasteiger partial charge is 0.299 e. The maximum absolute atomic E-state index is 12.2. The van der Waals surface area contributed by atoms with Crippen LogP contribution in [-0.4, -0.2) is 5.78 Å². The number of nitriles is 1. The van der Waals surface area contributed by atoms with Gasteiger partial charge in [0.1, 0.15) is 5.78 Å². The van der Waals surface area contributed by atoms with Crippen molar-refractivity contribution in [3.63, 3.8) is 0 Å². The Labute approximate surface area is 109 Å². The number of Topliss-reactive ketones (excluding diaryl/α,β-unsaturated/α-hetero) is 1. The van der Waals surface area contributed by atoms with E-state index in [1.165, 1.54) is 12.8 Å². The van der Waals surface area contributed by atoms with Crippen LogP contribution in [0.2, 0.25) is 0 Å². The van der Waals surface area contributed by atoms with Crippen LogP contribution < -0.4 is 0 Å². The monoisotopic (exact) mass is 241 g/mol. The zero-order valence-corrected chi connectivity index (χ0v) is 10.9. The van der Waals surface area contributed by atoms with Crippen LogP contribution in [0.1, 0.15) is 56.1 Å². The van der Waals surface area contributed by atoms with E-state index >= 15 is 0 Å². The molecule has 1 saturated carbocycles. The molecule has 0 N–H and O–H groups in total. The van der Waals surface area contributed by atoms with Crippen molar-refractivity contribution in [3.05, 3.63) is 35.4 Å². The summed E-state index contributed by atoms with van der Waals surface area (Å²) >= 11 is 0. The molecule has 0 bridgehead atoms. The molecule has 0 heterocycles. The average Bonchev–Trinajstić information content (AvgIpc) is 2.40. The first-order chi connectivity index (χ1) is 8.74. The number of hydrogen-bond acceptors (Lipinski definition) is 2. The normalized spacial score (nSPS) is 23.7. The van der Waals surface area contributed by atoms with Crippen molar-refractivity contribution in [2.75, 3.05) is 0 Å². The Balaban J connectivity index is 2.06. The quantitative estimate of drug-likeness (QED) is 0.807. The number of carbonyl (C=O) groups is 1. The van der Waals surface area contributed by atoms with E-state index in [0.29, 0.717) is 17.3 Å². The molecular formula is C16H19NO. The number of carbonyl (C=O) groups excluding carboxylic acids is 1. The Morgan fingerprint density at radius 3 is 2.56 bits per heavy atom. The summed E-state index contributed by atoms with van der Waals surface area (Å²) in [5.41, 5.74) is 1.74. The smallest absolute Gasteiger partial charge is 0.140 e. The number of rotatable bonds is 3. The molecule has 1 aliphatic carbocycles. The van der Waals surface area contributed by atoms with Gasteiger partial charge in [0.05, 0.1) is 11.6 Å². The average molecular weight is 241 g/mol. The van der Waals surface area contributed by atoms with Gasteiger partial charge in [-0.25, -0.2) is 0 Å². The predicted octanol–water partition coefficient (Wildman–Crippen LogP) is 3.81. The summed E-state index contributed by atoms with van der Waals surface area (Å²) in [7, 11) is 0. The third-order valence-electron chi connectivity index (χ3n) is 3.88. The minimum absolute atomic E-state index is 0.0610. The first-order valence-electron chi connectivity index (χ1n) is 6.77. The van der Waals surface area contributed by atoms with E-state index in [9.17, 15) is 4.79 Å². The van der Waals surface area contributed by atoms with E-state index in [2.05, 4.69) is 13.0 Å². The minimum Gasteiger partial charge on any atom is -0.299 e. The van der Waals surface area contributed by atoms with Gasteiger partial charge in [0.25, 0.3) is 0 Å². The van der Waals surface area contributed by atoms with Gasteiger partial charge in [-0.2, -0.15) is 5.26 Å². The lowest BCUT2D eigenvalue weighted by Crippen LogP contribution is -2.23. The zero-order valence-electron chi connectivity index (χ0n) is 10.9. The number of ketones is 1. The number of hydrogen-bond donors (Lipinski definition) is 0. The second kappa shape index (κ2) is 5.82.